The standard InChI is InChI=1S/C9H15NO4/c1-14-7-4-5-10(6-7)8(11)2-3-9(12)13/h7H,2-6H2,1H3,(H,12,13)/t7-/m1/s1. The normalized spacial score (nSPS) is 21.2. The number of carboxylic acids is 1. The fraction of sp³-hybridized carbons (Fsp3) is 0.778. The average Bonchev–Trinajstić information content (AvgIpc) is 2.62. The van der Waals surface area contributed by atoms with Crippen molar-refractivity contribution in [3.63, 3.8) is 0 Å². The van der Waals surface area contributed by atoms with Gasteiger partial charge < -0.3 is 14.7 Å². The van der Waals surface area contributed by atoms with E-state index in [0.29, 0.717) is 13.1 Å². The first-order valence-electron chi connectivity index (χ1n) is 4.66. The summed E-state index contributed by atoms with van der Waals surface area (Å²) in [5.74, 6) is -1.02. The van der Waals surface area contributed by atoms with Crippen LogP contribution in [0.15, 0.2) is 0 Å². The molecule has 0 unspecified atom stereocenters. The van der Waals surface area contributed by atoms with Crippen molar-refractivity contribution in [3.05, 3.63) is 0 Å². The van der Waals surface area contributed by atoms with E-state index >= 15 is 0 Å². The second-order valence-corrected chi connectivity index (χ2v) is 3.38. The second-order valence-electron chi connectivity index (χ2n) is 3.38. The number of amides is 1. The molecule has 0 saturated carbocycles. The summed E-state index contributed by atoms with van der Waals surface area (Å²) in [7, 11) is 1.62. The highest BCUT2D eigenvalue weighted by Gasteiger charge is 2.25. The second kappa shape index (κ2) is 4.95. The molecule has 1 saturated heterocycles. The van der Waals surface area contributed by atoms with Crippen LogP contribution < -0.4 is 0 Å². The third kappa shape index (κ3) is 2.99. The summed E-state index contributed by atoms with van der Waals surface area (Å²) in [5, 5.41) is 8.41. The van der Waals surface area contributed by atoms with E-state index in [4.69, 9.17) is 9.84 Å². The highest BCUT2D eigenvalue weighted by atomic mass is 16.5. The molecule has 1 rings (SSSR count). The molecule has 1 amide bonds. The molecule has 0 radical (unpaired) electrons. The average molecular weight is 201 g/mol. The first-order chi connectivity index (χ1) is 6.63. The smallest absolute Gasteiger partial charge is 0.303 e. The van der Waals surface area contributed by atoms with Gasteiger partial charge in [0.2, 0.25) is 5.91 Å². The zero-order valence-corrected chi connectivity index (χ0v) is 8.23. The number of hydrogen-bond donors (Lipinski definition) is 1. The highest BCUT2D eigenvalue weighted by molar-refractivity contribution is 5.80. The van der Waals surface area contributed by atoms with E-state index < -0.39 is 5.97 Å². The van der Waals surface area contributed by atoms with Crippen LogP contribution in [0.4, 0.5) is 0 Å². The predicted octanol–water partition coefficient (Wildman–Crippen LogP) is 0.0985. The van der Waals surface area contributed by atoms with Crippen LogP contribution in [-0.4, -0.2) is 48.2 Å². The lowest BCUT2D eigenvalue weighted by molar-refractivity contribution is -0.140. The molecule has 1 atom stereocenters. The summed E-state index contributed by atoms with van der Waals surface area (Å²) in [5.41, 5.74) is 0. The van der Waals surface area contributed by atoms with Gasteiger partial charge in [0.1, 0.15) is 0 Å². The summed E-state index contributed by atoms with van der Waals surface area (Å²) < 4.78 is 5.11. The number of rotatable bonds is 4. The Morgan fingerprint density at radius 3 is 2.71 bits per heavy atom. The van der Waals surface area contributed by atoms with Crippen molar-refractivity contribution in [1.29, 1.82) is 0 Å². The maximum absolute atomic E-state index is 11.4. The molecule has 0 aromatic rings. The lowest BCUT2D eigenvalue weighted by Crippen LogP contribution is -2.30. The molecule has 0 bridgehead atoms. The fourth-order valence-corrected chi connectivity index (χ4v) is 1.52. The van der Waals surface area contributed by atoms with Crippen molar-refractivity contribution in [1.82, 2.24) is 4.90 Å². The molecule has 5 nitrogen and oxygen atoms in total. The van der Waals surface area contributed by atoms with Gasteiger partial charge in [-0.05, 0) is 6.42 Å². The maximum atomic E-state index is 11.4. The summed E-state index contributed by atoms with van der Waals surface area (Å²) >= 11 is 0. The van der Waals surface area contributed by atoms with Crippen LogP contribution in [-0.2, 0) is 14.3 Å². The molecular weight excluding hydrogens is 186 g/mol. The number of likely N-dealkylation sites (tertiary alicyclic amines) is 1. The third-order valence-electron chi connectivity index (χ3n) is 2.38. The van der Waals surface area contributed by atoms with E-state index in [1.165, 1.54) is 0 Å². The Labute approximate surface area is 82.6 Å². The van der Waals surface area contributed by atoms with Crippen LogP contribution >= 0.6 is 0 Å². The quantitative estimate of drug-likeness (QED) is 0.700. The van der Waals surface area contributed by atoms with E-state index in [0.717, 1.165) is 6.42 Å². The van der Waals surface area contributed by atoms with Crippen molar-refractivity contribution in [2.24, 2.45) is 0 Å². The molecule has 0 spiro atoms. The molecule has 1 aliphatic rings. The zero-order valence-electron chi connectivity index (χ0n) is 8.23. The van der Waals surface area contributed by atoms with Crippen LogP contribution in [0, 0.1) is 0 Å². The van der Waals surface area contributed by atoms with E-state index in [1.54, 1.807) is 12.0 Å². The van der Waals surface area contributed by atoms with Crippen molar-refractivity contribution >= 4 is 11.9 Å². The number of carbonyl (C=O) groups is 2. The molecule has 1 aliphatic heterocycles. The van der Waals surface area contributed by atoms with Gasteiger partial charge >= 0.3 is 5.97 Å². The molecule has 5 heteroatoms. The van der Waals surface area contributed by atoms with Crippen LogP contribution in [0.25, 0.3) is 0 Å². The largest absolute Gasteiger partial charge is 0.481 e. The summed E-state index contributed by atoms with van der Waals surface area (Å²) in [6.45, 7) is 1.27. The third-order valence-corrected chi connectivity index (χ3v) is 2.38. The topological polar surface area (TPSA) is 66.8 Å². The van der Waals surface area contributed by atoms with E-state index in [9.17, 15) is 9.59 Å². The van der Waals surface area contributed by atoms with Crippen LogP contribution in [0.2, 0.25) is 0 Å². The Morgan fingerprint density at radius 1 is 1.50 bits per heavy atom. The number of carbonyl (C=O) groups excluding carboxylic acids is 1. The fourth-order valence-electron chi connectivity index (χ4n) is 1.52. The van der Waals surface area contributed by atoms with Crippen LogP contribution in [0.3, 0.4) is 0 Å². The molecule has 0 aliphatic carbocycles. The van der Waals surface area contributed by atoms with Gasteiger partial charge in [-0.25, -0.2) is 0 Å². The van der Waals surface area contributed by atoms with Gasteiger partial charge in [0.05, 0.1) is 12.5 Å². The minimum absolute atomic E-state index is 0.0891. The van der Waals surface area contributed by atoms with Gasteiger partial charge in [0, 0.05) is 26.6 Å². The Balaban J connectivity index is 2.28. The van der Waals surface area contributed by atoms with Gasteiger partial charge in [-0.3, -0.25) is 9.59 Å². The molecule has 0 aromatic carbocycles. The number of hydrogen-bond acceptors (Lipinski definition) is 3. The van der Waals surface area contributed by atoms with Gasteiger partial charge in [0.25, 0.3) is 0 Å². The number of aliphatic carboxylic acids is 1. The van der Waals surface area contributed by atoms with Crippen LogP contribution in [0.5, 0.6) is 0 Å². The molecule has 1 heterocycles. The van der Waals surface area contributed by atoms with Gasteiger partial charge in [0.15, 0.2) is 0 Å². The number of carboxylic acid groups (broad SMARTS) is 1. The summed E-state index contributed by atoms with van der Waals surface area (Å²) in [4.78, 5) is 23.3. The van der Waals surface area contributed by atoms with Gasteiger partial charge in [-0.2, -0.15) is 0 Å². The minimum atomic E-state index is -0.930. The van der Waals surface area contributed by atoms with Crippen molar-refractivity contribution < 1.29 is 19.4 Å². The summed E-state index contributed by atoms with van der Waals surface area (Å²) in [6, 6.07) is 0. The van der Waals surface area contributed by atoms with Gasteiger partial charge in [-0.1, -0.05) is 0 Å². The SMILES string of the molecule is CO[C@@H]1CCN(C(=O)CCC(=O)O)C1. The molecular formula is C9H15NO4. The number of nitrogens with zero attached hydrogens (tertiary/aromatic N) is 1. The number of ether oxygens (including phenoxy) is 1. The van der Waals surface area contributed by atoms with Crippen molar-refractivity contribution in [2.45, 2.75) is 25.4 Å². The Morgan fingerprint density at radius 2 is 2.21 bits per heavy atom. The number of methoxy groups -OCH3 is 1. The Hall–Kier alpha value is -1.10. The maximum Gasteiger partial charge on any atom is 0.303 e. The van der Waals surface area contributed by atoms with Crippen molar-refractivity contribution in [3.8, 4) is 0 Å². The van der Waals surface area contributed by atoms with E-state index in [2.05, 4.69) is 0 Å². The predicted molar refractivity (Wildman–Crippen MR) is 48.9 cm³/mol. The highest BCUT2D eigenvalue weighted by Crippen LogP contribution is 2.13. The first kappa shape index (κ1) is 11.0. The molecule has 1 fully saturated rings. The lowest BCUT2D eigenvalue weighted by Gasteiger charge is -2.15. The van der Waals surface area contributed by atoms with E-state index in [1.807, 2.05) is 0 Å². The Kier molecular flexibility index (Phi) is 3.88. The molecule has 1 N–H and O–H groups in total. The summed E-state index contributed by atoms with van der Waals surface area (Å²) in [6.07, 6.45) is 0.956. The lowest BCUT2D eigenvalue weighted by atomic mass is 10.3. The molecule has 14 heavy (non-hydrogen) atoms. The van der Waals surface area contributed by atoms with Crippen LogP contribution in [0.1, 0.15) is 19.3 Å². The van der Waals surface area contributed by atoms with Crippen molar-refractivity contribution in [2.75, 3.05) is 20.2 Å². The minimum Gasteiger partial charge on any atom is -0.481 e. The molecule has 80 valence electrons. The molecule has 0 aromatic heterocycles. The Bertz CT molecular complexity index is 229. The first-order valence-corrected chi connectivity index (χ1v) is 4.66. The van der Waals surface area contributed by atoms with E-state index in [-0.39, 0.29) is 24.9 Å². The monoisotopic (exact) mass is 201 g/mol. The van der Waals surface area contributed by atoms with Gasteiger partial charge in [-0.15, -0.1) is 0 Å². The zero-order chi connectivity index (χ0) is 10.6.